The fraction of sp³-hybridized carbons (Fsp3) is 0.381. The van der Waals surface area contributed by atoms with Gasteiger partial charge in [-0.05, 0) is 49.6 Å². The van der Waals surface area contributed by atoms with E-state index in [1.807, 2.05) is 29.7 Å². The van der Waals surface area contributed by atoms with E-state index in [9.17, 15) is 4.79 Å². The maximum Gasteiger partial charge on any atom is 0.230 e. The van der Waals surface area contributed by atoms with Crippen molar-refractivity contribution in [3.05, 3.63) is 52.7 Å². The van der Waals surface area contributed by atoms with Crippen molar-refractivity contribution in [2.24, 2.45) is 0 Å². The van der Waals surface area contributed by atoms with E-state index in [0.29, 0.717) is 30.4 Å². The van der Waals surface area contributed by atoms with E-state index < -0.39 is 0 Å². The summed E-state index contributed by atoms with van der Waals surface area (Å²) < 4.78 is 8.47. The van der Waals surface area contributed by atoms with Gasteiger partial charge >= 0.3 is 0 Å². The molecule has 0 aliphatic heterocycles. The first-order chi connectivity index (χ1) is 14.1. The molecule has 1 aromatic carbocycles. The van der Waals surface area contributed by atoms with Gasteiger partial charge in [0.05, 0.1) is 12.0 Å². The number of rotatable bonds is 8. The van der Waals surface area contributed by atoms with Crippen LogP contribution in [0.2, 0.25) is 0 Å². The molecule has 3 aromatic rings. The molecule has 8 heteroatoms. The Morgan fingerprint density at radius 2 is 2.17 bits per heavy atom. The summed E-state index contributed by atoms with van der Waals surface area (Å²) in [5.41, 5.74) is 1.35. The highest BCUT2D eigenvalue weighted by molar-refractivity contribution is 9.10. The Balaban J connectivity index is 1.36. The van der Waals surface area contributed by atoms with Crippen LogP contribution in [-0.4, -0.2) is 33.0 Å². The SMILES string of the molecule is CCn1c(SCC(=O)NCC2(c3cccc(Br)c3)CCC2)nnc1-c1ccco1. The largest absolute Gasteiger partial charge is 0.461 e. The third-order valence-corrected chi connectivity index (χ3v) is 6.94. The lowest BCUT2D eigenvalue weighted by Gasteiger charge is -2.42. The monoisotopic (exact) mass is 474 g/mol. The minimum atomic E-state index is 0.0153. The Morgan fingerprint density at radius 1 is 1.31 bits per heavy atom. The lowest BCUT2D eigenvalue weighted by Crippen LogP contribution is -2.46. The number of furan rings is 1. The zero-order valence-corrected chi connectivity index (χ0v) is 18.6. The zero-order valence-electron chi connectivity index (χ0n) is 16.2. The average Bonchev–Trinajstić information content (AvgIpc) is 3.34. The highest BCUT2D eigenvalue weighted by atomic mass is 79.9. The van der Waals surface area contributed by atoms with Crippen LogP contribution >= 0.6 is 27.7 Å². The van der Waals surface area contributed by atoms with Gasteiger partial charge in [-0.2, -0.15) is 0 Å². The van der Waals surface area contributed by atoms with E-state index in [2.05, 4.69) is 49.6 Å². The fourth-order valence-electron chi connectivity index (χ4n) is 3.71. The lowest BCUT2D eigenvalue weighted by atomic mass is 9.64. The van der Waals surface area contributed by atoms with Gasteiger partial charge in [-0.15, -0.1) is 10.2 Å². The number of halogens is 1. The molecule has 1 aliphatic carbocycles. The number of carbonyl (C=O) groups is 1. The summed E-state index contributed by atoms with van der Waals surface area (Å²) in [6.07, 6.45) is 5.03. The molecule has 0 atom stereocenters. The summed E-state index contributed by atoms with van der Waals surface area (Å²) in [7, 11) is 0. The number of carbonyl (C=O) groups excluding carboxylic acids is 1. The van der Waals surface area contributed by atoms with Crippen molar-refractivity contribution in [1.82, 2.24) is 20.1 Å². The second kappa shape index (κ2) is 8.75. The number of amides is 1. The van der Waals surface area contributed by atoms with Gasteiger partial charge in [-0.1, -0.05) is 46.2 Å². The van der Waals surface area contributed by atoms with Crippen molar-refractivity contribution in [2.45, 2.75) is 43.3 Å². The normalized spacial score (nSPS) is 15.1. The molecule has 2 aromatic heterocycles. The highest BCUT2D eigenvalue weighted by Gasteiger charge is 2.38. The molecule has 6 nitrogen and oxygen atoms in total. The van der Waals surface area contributed by atoms with Crippen LogP contribution in [0.1, 0.15) is 31.7 Å². The van der Waals surface area contributed by atoms with Crippen molar-refractivity contribution in [1.29, 1.82) is 0 Å². The molecular formula is C21H23BrN4O2S. The number of hydrogen-bond acceptors (Lipinski definition) is 5. The summed E-state index contributed by atoms with van der Waals surface area (Å²) in [6.45, 7) is 3.40. The van der Waals surface area contributed by atoms with Crippen molar-refractivity contribution in [3.63, 3.8) is 0 Å². The molecule has 0 saturated heterocycles. The molecule has 2 heterocycles. The van der Waals surface area contributed by atoms with Crippen LogP contribution in [-0.2, 0) is 16.8 Å². The van der Waals surface area contributed by atoms with Gasteiger partial charge in [-0.25, -0.2) is 0 Å². The Morgan fingerprint density at radius 3 is 2.83 bits per heavy atom. The van der Waals surface area contributed by atoms with Crippen LogP contribution in [0.3, 0.4) is 0 Å². The number of thioether (sulfide) groups is 1. The van der Waals surface area contributed by atoms with Gasteiger partial charge in [-0.3, -0.25) is 9.36 Å². The summed E-state index contributed by atoms with van der Waals surface area (Å²) in [5, 5.41) is 12.3. The molecule has 4 rings (SSSR count). The first kappa shape index (κ1) is 20.2. The van der Waals surface area contributed by atoms with Crippen LogP contribution in [0.15, 0.2) is 56.7 Å². The van der Waals surface area contributed by atoms with Crippen molar-refractivity contribution >= 4 is 33.6 Å². The molecule has 152 valence electrons. The van der Waals surface area contributed by atoms with Crippen LogP contribution in [0.5, 0.6) is 0 Å². The Labute approximate surface area is 182 Å². The molecule has 29 heavy (non-hydrogen) atoms. The first-order valence-corrected chi connectivity index (χ1v) is 11.5. The molecule has 1 amide bonds. The minimum Gasteiger partial charge on any atom is -0.461 e. The molecule has 0 bridgehead atoms. The van der Waals surface area contributed by atoms with Crippen LogP contribution in [0.4, 0.5) is 0 Å². The quantitative estimate of drug-likeness (QED) is 0.480. The highest BCUT2D eigenvalue weighted by Crippen LogP contribution is 2.43. The van der Waals surface area contributed by atoms with E-state index in [1.54, 1.807) is 6.26 Å². The predicted octanol–water partition coefficient (Wildman–Crippen LogP) is 4.65. The molecule has 0 radical (unpaired) electrons. The summed E-state index contributed by atoms with van der Waals surface area (Å²) in [5.74, 6) is 1.69. The maximum absolute atomic E-state index is 12.5. The number of nitrogens with one attached hydrogen (secondary N) is 1. The van der Waals surface area contributed by atoms with E-state index in [-0.39, 0.29) is 11.3 Å². The van der Waals surface area contributed by atoms with Gasteiger partial charge in [0.1, 0.15) is 0 Å². The van der Waals surface area contributed by atoms with Gasteiger partial charge < -0.3 is 9.73 Å². The second-order valence-corrected chi connectivity index (χ2v) is 9.10. The van der Waals surface area contributed by atoms with Gasteiger partial charge in [0.2, 0.25) is 5.91 Å². The standard InChI is InChI=1S/C21H23BrN4O2S/c1-2-26-19(17-8-4-11-28-17)24-25-20(26)29-13-18(27)23-14-21(9-5-10-21)15-6-3-7-16(22)12-15/h3-4,6-8,11-12H,2,5,9-10,13-14H2,1H3,(H,23,27). The van der Waals surface area contributed by atoms with Crippen LogP contribution in [0.25, 0.3) is 11.6 Å². The van der Waals surface area contributed by atoms with Gasteiger partial charge in [0, 0.05) is 23.0 Å². The Kier molecular flexibility index (Phi) is 6.10. The average molecular weight is 475 g/mol. The van der Waals surface area contributed by atoms with E-state index in [1.165, 1.54) is 23.7 Å². The molecule has 1 N–H and O–H groups in total. The molecule has 0 spiro atoms. The van der Waals surface area contributed by atoms with Crippen molar-refractivity contribution in [2.75, 3.05) is 12.3 Å². The fourth-order valence-corrected chi connectivity index (χ4v) is 4.94. The van der Waals surface area contributed by atoms with E-state index in [0.717, 1.165) is 22.5 Å². The Bertz CT molecular complexity index is 982. The molecule has 0 unspecified atom stereocenters. The lowest BCUT2D eigenvalue weighted by molar-refractivity contribution is -0.119. The van der Waals surface area contributed by atoms with Crippen LogP contribution in [0, 0.1) is 0 Å². The van der Waals surface area contributed by atoms with Gasteiger partial charge in [0.15, 0.2) is 16.7 Å². The predicted molar refractivity (Wildman–Crippen MR) is 117 cm³/mol. The maximum atomic E-state index is 12.5. The molecule has 1 saturated carbocycles. The van der Waals surface area contributed by atoms with E-state index >= 15 is 0 Å². The summed E-state index contributed by atoms with van der Waals surface area (Å²) >= 11 is 4.96. The summed E-state index contributed by atoms with van der Waals surface area (Å²) in [4.78, 5) is 12.5. The third kappa shape index (κ3) is 4.28. The zero-order chi connectivity index (χ0) is 20.3. The first-order valence-electron chi connectivity index (χ1n) is 9.74. The minimum absolute atomic E-state index is 0.0153. The van der Waals surface area contributed by atoms with E-state index in [4.69, 9.17) is 4.42 Å². The van der Waals surface area contributed by atoms with Crippen molar-refractivity contribution < 1.29 is 9.21 Å². The molecular weight excluding hydrogens is 452 g/mol. The third-order valence-electron chi connectivity index (χ3n) is 5.48. The Hall–Kier alpha value is -2.06. The number of benzene rings is 1. The smallest absolute Gasteiger partial charge is 0.230 e. The van der Waals surface area contributed by atoms with Gasteiger partial charge in [0.25, 0.3) is 0 Å². The number of nitrogens with zero attached hydrogens (tertiary/aromatic N) is 3. The van der Waals surface area contributed by atoms with Crippen molar-refractivity contribution in [3.8, 4) is 11.6 Å². The second-order valence-electron chi connectivity index (χ2n) is 7.24. The van der Waals surface area contributed by atoms with Crippen LogP contribution < -0.4 is 5.32 Å². The molecule has 1 aliphatic rings. The summed E-state index contributed by atoms with van der Waals surface area (Å²) in [6, 6.07) is 12.1. The number of hydrogen-bond donors (Lipinski definition) is 1. The number of aromatic nitrogens is 3. The topological polar surface area (TPSA) is 73.0 Å². The molecule has 1 fully saturated rings.